The summed E-state index contributed by atoms with van der Waals surface area (Å²) in [5, 5.41) is 3.40. The first-order chi connectivity index (χ1) is 9.20. The summed E-state index contributed by atoms with van der Waals surface area (Å²) in [4.78, 5) is 8.64. The van der Waals surface area contributed by atoms with Gasteiger partial charge in [0.05, 0.1) is 11.9 Å². The quantitative estimate of drug-likeness (QED) is 0.866. The molecule has 1 unspecified atom stereocenters. The van der Waals surface area contributed by atoms with Crippen molar-refractivity contribution in [3.05, 3.63) is 36.5 Å². The van der Waals surface area contributed by atoms with Gasteiger partial charge in [-0.25, -0.2) is 9.97 Å². The van der Waals surface area contributed by atoms with Crippen molar-refractivity contribution < 1.29 is 4.74 Å². The number of rotatable bonds is 6. The topological polar surface area (TPSA) is 52.0 Å². The van der Waals surface area contributed by atoms with Crippen molar-refractivity contribution in [2.24, 2.45) is 0 Å². The Labute approximate surface area is 113 Å². The summed E-state index contributed by atoms with van der Waals surface area (Å²) in [5.74, 6) is 1.81. The number of ether oxygens (including phenoxy) is 1. The van der Waals surface area contributed by atoms with E-state index in [1.165, 1.54) is 0 Å². The molecule has 2 rings (SSSR count). The number of anilines is 1. The number of hydrogen-bond acceptors (Lipinski definition) is 4. The highest BCUT2D eigenvalue weighted by atomic mass is 16.5. The Balaban J connectivity index is 2.01. The third kappa shape index (κ3) is 3.54. The molecule has 0 bridgehead atoms. The van der Waals surface area contributed by atoms with E-state index in [9.17, 15) is 0 Å². The van der Waals surface area contributed by atoms with Crippen molar-refractivity contribution in [1.29, 1.82) is 0 Å². The lowest BCUT2D eigenvalue weighted by molar-refractivity contribution is 0.191. The molecule has 102 valence electrons. The van der Waals surface area contributed by atoms with Crippen LogP contribution in [0.1, 0.15) is 19.2 Å². The van der Waals surface area contributed by atoms with E-state index in [2.05, 4.69) is 22.2 Å². The molecular formula is C14H20N4O. The highest BCUT2D eigenvalue weighted by molar-refractivity contribution is 5.44. The van der Waals surface area contributed by atoms with Crippen LogP contribution in [0.15, 0.2) is 30.7 Å². The van der Waals surface area contributed by atoms with Gasteiger partial charge >= 0.3 is 0 Å². The van der Waals surface area contributed by atoms with Gasteiger partial charge in [0.15, 0.2) is 0 Å². The normalized spacial score (nSPS) is 12.4. The standard InChI is InChI=1S/C14H20N4O/c1-11(6-9-19-3)17-13-4-5-14(16-10-13)18-8-7-15-12(18)2/h4-5,7-8,10-11,17H,6,9H2,1-3H3. The van der Waals surface area contributed by atoms with Gasteiger partial charge in [0.1, 0.15) is 11.6 Å². The molecule has 0 saturated heterocycles. The van der Waals surface area contributed by atoms with E-state index in [1.807, 2.05) is 36.0 Å². The van der Waals surface area contributed by atoms with Gasteiger partial charge in [0, 0.05) is 32.2 Å². The number of aryl methyl sites for hydroxylation is 1. The molecule has 1 atom stereocenters. The zero-order chi connectivity index (χ0) is 13.7. The summed E-state index contributed by atoms with van der Waals surface area (Å²) in [7, 11) is 1.72. The first kappa shape index (κ1) is 13.5. The zero-order valence-electron chi connectivity index (χ0n) is 11.6. The number of methoxy groups -OCH3 is 1. The van der Waals surface area contributed by atoms with Gasteiger partial charge in [-0.1, -0.05) is 0 Å². The van der Waals surface area contributed by atoms with E-state index in [0.29, 0.717) is 6.04 Å². The fourth-order valence-corrected chi connectivity index (χ4v) is 1.89. The zero-order valence-corrected chi connectivity index (χ0v) is 11.6. The smallest absolute Gasteiger partial charge is 0.138 e. The molecule has 1 N–H and O–H groups in total. The van der Waals surface area contributed by atoms with Crippen molar-refractivity contribution in [2.75, 3.05) is 19.0 Å². The van der Waals surface area contributed by atoms with E-state index >= 15 is 0 Å². The fourth-order valence-electron chi connectivity index (χ4n) is 1.89. The van der Waals surface area contributed by atoms with E-state index in [0.717, 1.165) is 30.4 Å². The summed E-state index contributed by atoms with van der Waals surface area (Å²) in [6, 6.07) is 4.38. The maximum absolute atomic E-state index is 5.07. The number of pyridine rings is 1. The number of hydrogen-bond donors (Lipinski definition) is 1. The van der Waals surface area contributed by atoms with E-state index in [1.54, 1.807) is 13.3 Å². The van der Waals surface area contributed by atoms with Crippen molar-refractivity contribution in [1.82, 2.24) is 14.5 Å². The minimum absolute atomic E-state index is 0.364. The summed E-state index contributed by atoms with van der Waals surface area (Å²) >= 11 is 0. The predicted octanol–water partition coefficient (Wildman–Crippen LogP) is 2.41. The van der Waals surface area contributed by atoms with Crippen LogP contribution < -0.4 is 5.32 Å². The minimum Gasteiger partial charge on any atom is -0.385 e. The Morgan fingerprint density at radius 3 is 2.79 bits per heavy atom. The van der Waals surface area contributed by atoms with Gasteiger partial charge < -0.3 is 10.1 Å². The van der Waals surface area contributed by atoms with E-state index in [4.69, 9.17) is 4.74 Å². The van der Waals surface area contributed by atoms with Crippen LogP contribution in [0.25, 0.3) is 5.82 Å². The first-order valence-electron chi connectivity index (χ1n) is 6.42. The van der Waals surface area contributed by atoms with Gasteiger partial charge in [-0.3, -0.25) is 4.57 Å². The van der Waals surface area contributed by atoms with Crippen LogP contribution in [0, 0.1) is 6.92 Å². The van der Waals surface area contributed by atoms with Crippen LogP contribution in [0.2, 0.25) is 0 Å². The van der Waals surface area contributed by atoms with Gasteiger partial charge in [0.25, 0.3) is 0 Å². The van der Waals surface area contributed by atoms with Crippen molar-refractivity contribution in [2.45, 2.75) is 26.3 Å². The lowest BCUT2D eigenvalue weighted by Crippen LogP contribution is -2.17. The molecule has 0 fully saturated rings. The molecule has 0 spiro atoms. The summed E-state index contributed by atoms with van der Waals surface area (Å²) in [6.45, 7) is 4.85. The third-order valence-corrected chi connectivity index (χ3v) is 2.99. The number of imidazole rings is 1. The maximum atomic E-state index is 5.07. The molecule has 5 nitrogen and oxygen atoms in total. The molecule has 0 radical (unpaired) electrons. The summed E-state index contributed by atoms with van der Waals surface area (Å²) in [6.07, 6.45) is 6.50. The van der Waals surface area contributed by atoms with Gasteiger partial charge in [-0.05, 0) is 32.4 Å². The second kappa shape index (κ2) is 6.33. The molecule has 0 saturated carbocycles. The highest BCUT2D eigenvalue weighted by Crippen LogP contribution is 2.12. The lowest BCUT2D eigenvalue weighted by Gasteiger charge is -2.14. The van der Waals surface area contributed by atoms with Crippen LogP contribution in [-0.2, 0) is 4.74 Å². The average Bonchev–Trinajstić information content (AvgIpc) is 2.83. The Morgan fingerprint density at radius 1 is 1.37 bits per heavy atom. The number of aromatic nitrogens is 3. The summed E-state index contributed by atoms with van der Waals surface area (Å²) < 4.78 is 7.02. The molecule has 19 heavy (non-hydrogen) atoms. The molecule has 0 aliphatic carbocycles. The van der Waals surface area contributed by atoms with Crippen molar-refractivity contribution in [3.8, 4) is 5.82 Å². The van der Waals surface area contributed by atoms with Crippen molar-refractivity contribution >= 4 is 5.69 Å². The van der Waals surface area contributed by atoms with Crippen LogP contribution in [0.3, 0.4) is 0 Å². The Morgan fingerprint density at radius 2 is 2.21 bits per heavy atom. The van der Waals surface area contributed by atoms with Crippen molar-refractivity contribution in [3.63, 3.8) is 0 Å². The maximum Gasteiger partial charge on any atom is 0.138 e. The molecular weight excluding hydrogens is 240 g/mol. The molecule has 0 aliphatic rings. The SMILES string of the molecule is COCCC(C)Nc1ccc(-n2ccnc2C)nc1. The molecule has 5 heteroatoms. The Bertz CT molecular complexity index is 506. The minimum atomic E-state index is 0.364. The average molecular weight is 260 g/mol. The van der Waals surface area contributed by atoms with Crippen LogP contribution >= 0.6 is 0 Å². The molecule has 2 heterocycles. The first-order valence-corrected chi connectivity index (χ1v) is 6.42. The molecule has 0 amide bonds. The molecule has 0 aliphatic heterocycles. The van der Waals surface area contributed by atoms with E-state index < -0.39 is 0 Å². The third-order valence-electron chi connectivity index (χ3n) is 2.99. The number of nitrogens with one attached hydrogen (secondary N) is 1. The molecule has 2 aromatic heterocycles. The highest BCUT2D eigenvalue weighted by Gasteiger charge is 2.04. The summed E-state index contributed by atoms with van der Waals surface area (Å²) in [5.41, 5.74) is 1.02. The van der Waals surface area contributed by atoms with Crippen LogP contribution in [0.4, 0.5) is 5.69 Å². The predicted molar refractivity (Wildman–Crippen MR) is 75.7 cm³/mol. The van der Waals surface area contributed by atoms with Crippen LogP contribution in [0.5, 0.6) is 0 Å². The van der Waals surface area contributed by atoms with Gasteiger partial charge in [-0.2, -0.15) is 0 Å². The fraction of sp³-hybridized carbons (Fsp3) is 0.429. The largest absolute Gasteiger partial charge is 0.385 e. The Kier molecular flexibility index (Phi) is 4.52. The Hall–Kier alpha value is -1.88. The molecule has 0 aromatic carbocycles. The monoisotopic (exact) mass is 260 g/mol. The second-order valence-corrected chi connectivity index (χ2v) is 4.58. The van der Waals surface area contributed by atoms with E-state index in [-0.39, 0.29) is 0 Å². The second-order valence-electron chi connectivity index (χ2n) is 4.58. The van der Waals surface area contributed by atoms with Gasteiger partial charge in [-0.15, -0.1) is 0 Å². The number of nitrogens with zero attached hydrogens (tertiary/aromatic N) is 3. The molecule has 2 aromatic rings. The lowest BCUT2D eigenvalue weighted by atomic mass is 10.2. The van der Waals surface area contributed by atoms with Gasteiger partial charge in [0.2, 0.25) is 0 Å². The van der Waals surface area contributed by atoms with Crippen LogP contribution in [-0.4, -0.2) is 34.3 Å².